The third-order valence-corrected chi connectivity index (χ3v) is 6.77. The van der Waals surface area contributed by atoms with Gasteiger partial charge < -0.3 is 21.1 Å². The fourth-order valence-corrected chi connectivity index (χ4v) is 4.72. The quantitative estimate of drug-likeness (QED) is 0.492. The lowest BCUT2D eigenvalue weighted by atomic mass is 9.91. The summed E-state index contributed by atoms with van der Waals surface area (Å²) in [5.41, 5.74) is 9.61. The molecule has 1 aliphatic heterocycles. The van der Waals surface area contributed by atoms with E-state index in [-0.39, 0.29) is 36.1 Å². The first kappa shape index (κ1) is 29.5. The number of nitrogens with one attached hydrogen (secondary N) is 1. The maximum atomic E-state index is 12.7. The molecule has 36 heavy (non-hydrogen) atoms. The molecule has 0 bridgehead atoms. The van der Waals surface area contributed by atoms with Crippen LogP contribution in [0.2, 0.25) is 0 Å². The number of carbonyl (C=O) groups is 3. The number of aliphatic hydroxyl groups excluding tert-OH is 1. The summed E-state index contributed by atoms with van der Waals surface area (Å²) >= 11 is 1.61. The van der Waals surface area contributed by atoms with Gasteiger partial charge in [-0.1, -0.05) is 58.4 Å². The van der Waals surface area contributed by atoms with Crippen LogP contribution in [0, 0.1) is 12.3 Å². The average molecular weight is 517 g/mol. The maximum absolute atomic E-state index is 12.7. The minimum absolute atomic E-state index is 0.0847. The second-order valence-corrected chi connectivity index (χ2v) is 11.3. The van der Waals surface area contributed by atoms with E-state index >= 15 is 0 Å². The topological polar surface area (TPSA) is 126 Å². The predicted octanol–water partition coefficient (Wildman–Crippen LogP) is 3.79. The largest absolute Gasteiger partial charge is 0.391 e. The van der Waals surface area contributed by atoms with Crippen molar-refractivity contribution in [3.05, 3.63) is 41.0 Å². The van der Waals surface area contributed by atoms with Gasteiger partial charge in [0.1, 0.15) is 6.04 Å². The molecule has 8 nitrogen and oxygen atoms in total. The molecular weight excluding hydrogens is 476 g/mol. The van der Waals surface area contributed by atoms with Gasteiger partial charge in [-0.25, -0.2) is 4.98 Å². The molecule has 0 aliphatic carbocycles. The molecule has 1 fully saturated rings. The van der Waals surface area contributed by atoms with Gasteiger partial charge in [0, 0.05) is 32.4 Å². The summed E-state index contributed by atoms with van der Waals surface area (Å²) in [6.07, 6.45) is 2.48. The zero-order valence-corrected chi connectivity index (χ0v) is 22.9. The lowest BCUT2D eigenvalue weighted by Gasteiger charge is -2.27. The molecule has 9 heteroatoms. The Bertz CT molecular complexity index is 1010. The number of nitrogens with zero attached hydrogens (tertiary/aromatic N) is 2. The fourth-order valence-electron chi connectivity index (χ4n) is 3.90. The summed E-state index contributed by atoms with van der Waals surface area (Å²) < 4.78 is 0. The van der Waals surface area contributed by atoms with E-state index in [4.69, 9.17) is 5.73 Å². The van der Waals surface area contributed by atoms with Crippen molar-refractivity contribution >= 4 is 29.1 Å². The van der Waals surface area contributed by atoms with Crippen LogP contribution in [-0.4, -0.2) is 51.4 Å². The molecule has 0 radical (unpaired) electrons. The Morgan fingerprint density at radius 1 is 1.22 bits per heavy atom. The number of benzene rings is 1. The summed E-state index contributed by atoms with van der Waals surface area (Å²) in [5.74, 6) is -0.494. The molecule has 0 spiro atoms. The molecule has 1 aromatic heterocycles. The SMILES string of the molecule is CCCCC(N)=O.Cc1ncsc1-c1ccc(CNC(=O)[C@@H]2CC(O)CN2C(=O)CC(C)(C)C)cc1. The third-order valence-electron chi connectivity index (χ3n) is 5.79. The Morgan fingerprint density at radius 2 is 1.89 bits per heavy atom. The van der Waals surface area contributed by atoms with Crippen LogP contribution in [0.4, 0.5) is 0 Å². The number of likely N-dealkylation sites (tertiary alicyclic amines) is 1. The van der Waals surface area contributed by atoms with Crippen molar-refractivity contribution in [2.75, 3.05) is 6.54 Å². The number of unbranched alkanes of at least 4 members (excludes halogenated alkanes) is 1. The van der Waals surface area contributed by atoms with Crippen LogP contribution in [0.1, 0.15) is 71.1 Å². The van der Waals surface area contributed by atoms with Crippen molar-refractivity contribution < 1.29 is 19.5 Å². The standard InChI is InChI=1S/C22H29N3O3S.C5H11NO/c1-14-20(29-13-24-14)16-7-5-15(6-8-16)11-23-21(28)18-9-17(26)12-25(18)19(27)10-22(2,3)4;1-2-3-4-5(6)7/h5-8,13,17-18,26H,9-12H2,1-4H3,(H,23,28);2-4H2,1H3,(H2,6,7)/t17?,18-;/m0./s1. The smallest absolute Gasteiger partial charge is 0.243 e. The van der Waals surface area contributed by atoms with Crippen LogP contribution in [0.3, 0.4) is 0 Å². The van der Waals surface area contributed by atoms with Gasteiger partial charge in [0.15, 0.2) is 0 Å². The molecule has 1 unspecified atom stereocenters. The number of nitrogens with two attached hydrogens (primary N) is 1. The van der Waals surface area contributed by atoms with E-state index in [2.05, 4.69) is 10.3 Å². The van der Waals surface area contributed by atoms with Crippen LogP contribution in [0.25, 0.3) is 10.4 Å². The first-order valence-corrected chi connectivity index (χ1v) is 13.3. The molecule has 1 saturated heterocycles. The van der Waals surface area contributed by atoms with Crippen molar-refractivity contribution in [3.63, 3.8) is 0 Å². The zero-order chi connectivity index (χ0) is 26.9. The Kier molecular flexibility index (Phi) is 11.0. The van der Waals surface area contributed by atoms with E-state index in [1.54, 1.807) is 11.3 Å². The number of aliphatic hydroxyl groups is 1. The average Bonchev–Trinajstić information content (AvgIpc) is 3.41. The number of hydrogen-bond donors (Lipinski definition) is 3. The normalized spacial score (nSPS) is 17.3. The molecule has 2 atom stereocenters. The molecule has 2 heterocycles. The lowest BCUT2D eigenvalue weighted by Crippen LogP contribution is -2.46. The van der Waals surface area contributed by atoms with Crippen molar-refractivity contribution in [1.82, 2.24) is 15.2 Å². The van der Waals surface area contributed by atoms with Gasteiger partial charge >= 0.3 is 0 Å². The van der Waals surface area contributed by atoms with Crippen LogP contribution in [0.5, 0.6) is 0 Å². The van der Waals surface area contributed by atoms with Crippen molar-refractivity contribution in [1.29, 1.82) is 0 Å². The van der Waals surface area contributed by atoms with E-state index in [0.29, 0.717) is 19.4 Å². The van der Waals surface area contributed by atoms with Crippen LogP contribution >= 0.6 is 11.3 Å². The summed E-state index contributed by atoms with van der Waals surface area (Å²) in [4.78, 5) is 42.3. The minimum Gasteiger partial charge on any atom is -0.391 e. The number of carbonyl (C=O) groups excluding carboxylic acids is 3. The van der Waals surface area contributed by atoms with Gasteiger partial charge in [-0.15, -0.1) is 11.3 Å². The number of amides is 3. The molecule has 2 aromatic rings. The van der Waals surface area contributed by atoms with Crippen molar-refractivity contribution in [3.8, 4) is 10.4 Å². The number of β-amino-alcohol motifs (C(OH)–C–C–N with tert-alkyl or cyclic N) is 1. The molecule has 3 rings (SSSR count). The third kappa shape index (κ3) is 9.35. The molecule has 3 amide bonds. The highest BCUT2D eigenvalue weighted by Crippen LogP contribution is 2.28. The minimum atomic E-state index is -0.656. The van der Waals surface area contributed by atoms with Gasteiger partial charge in [0.2, 0.25) is 17.7 Å². The fraction of sp³-hybridized carbons (Fsp3) is 0.556. The highest BCUT2D eigenvalue weighted by Gasteiger charge is 2.39. The Balaban J connectivity index is 0.000000572. The van der Waals surface area contributed by atoms with Gasteiger partial charge in [-0.2, -0.15) is 0 Å². The Labute approximate surface area is 218 Å². The second kappa shape index (κ2) is 13.5. The number of thiazole rings is 1. The van der Waals surface area contributed by atoms with Crippen LogP contribution in [-0.2, 0) is 20.9 Å². The lowest BCUT2D eigenvalue weighted by molar-refractivity contribution is -0.140. The Morgan fingerprint density at radius 3 is 2.39 bits per heavy atom. The number of aryl methyl sites for hydroxylation is 1. The maximum Gasteiger partial charge on any atom is 0.243 e. The van der Waals surface area contributed by atoms with Gasteiger partial charge in [0.25, 0.3) is 0 Å². The van der Waals surface area contributed by atoms with E-state index in [0.717, 1.165) is 34.5 Å². The molecule has 0 saturated carbocycles. The van der Waals surface area contributed by atoms with Gasteiger partial charge in [0.05, 0.1) is 22.2 Å². The first-order valence-electron chi connectivity index (χ1n) is 12.4. The van der Waals surface area contributed by atoms with Crippen LogP contribution in [0.15, 0.2) is 29.8 Å². The first-order chi connectivity index (χ1) is 16.9. The number of rotatable bonds is 8. The predicted molar refractivity (Wildman–Crippen MR) is 143 cm³/mol. The highest BCUT2D eigenvalue weighted by molar-refractivity contribution is 7.13. The van der Waals surface area contributed by atoms with Crippen LogP contribution < -0.4 is 11.1 Å². The van der Waals surface area contributed by atoms with Crippen molar-refractivity contribution in [2.24, 2.45) is 11.1 Å². The molecule has 4 N–H and O–H groups in total. The second-order valence-electron chi connectivity index (χ2n) is 10.4. The summed E-state index contributed by atoms with van der Waals surface area (Å²) in [5, 5.41) is 12.9. The highest BCUT2D eigenvalue weighted by atomic mass is 32.1. The molecule has 1 aliphatic rings. The summed E-state index contributed by atoms with van der Waals surface area (Å²) in [6, 6.07) is 7.42. The number of primary amides is 1. The Hall–Kier alpha value is -2.78. The summed E-state index contributed by atoms with van der Waals surface area (Å²) in [7, 11) is 0. The number of hydrogen-bond acceptors (Lipinski definition) is 6. The molecule has 1 aromatic carbocycles. The summed E-state index contributed by atoms with van der Waals surface area (Å²) in [6.45, 7) is 10.6. The number of aromatic nitrogens is 1. The molecule has 198 valence electrons. The van der Waals surface area contributed by atoms with E-state index in [1.165, 1.54) is 4.90 Å². The van der Waals surface area contributed by atoms with Crippen molar-refractivity contribution in [2.45, 2.75) is 85.4 Å². The van der Waals surface area contributed by atoms with E-state index < -0.39 is 12.1 Å². The van der Waals surface area contributed by atoms with E-state index in [9.17, 15) is 19.5 Å². The molecular formula is C27H40N4O4S. The van der Waals surface area contributed by atoms with Gasteiger partial charge in [-0.05, 0) is 29.9 Å². The monoisotopic (exact) mass is 516 g/mol. The zero-order valence-electron chi connectivity index (χ0n) is 22.0. The van der Waals surface area contributed by atoms with E-state index in [1.807, 2.05) is 64.4 Å². The van der Waals surface area contributed by atoms with Gasteiger partial charge in [-0.3, -0.25) is 14.4 Å².